The zero-order chi connectivity index (χ0) is 28.2. The number of aromatic nitrogens is 1. The summed E-state index contributed by atoms with van der Waals surface area (Å²) in [5, 5.41) is 23.6. The maximum absolute atomic E-state index is 11.2. The van der Waals surface area contributed by atoms with Gasteiger partial charge in [0.2, 0.25) is 0 Å². The number of para-hydroxylation sites is 1. The van der Waals surface area contributed by atoms with E-state index in [1.807, 2.05) is 18.2 Å². The van der Waals surface area contributed by atoms with Gasteiger partial charge in [-0.1, -0.05) is 78.3 Å². The average Bonchev–Trinajstić information content (AvgIpc) is 3.09. The zero-order valence-corrected chi connectivity index (χ0v) is 27.9. The number of pyridine rings is 1. The van der Waals surface area contributed by atoms with E-state index in [9.17, 15) is 10.2 Å². The summed E-state index contributed by atoms with van der Waals surface area (Å²) in [6, 6.07) is 20.0. The van der Waals surface area contributed by atoms with Gasteiger partial charge in [0.15, 0.2) is 0 Å². The first kappa shape index (κ1) is 32.9. The minimum absolute atomic E-state index is 0. The van der Waals surface area contributed by atoms with E-state index in [1.165, 1.54) is 30.2 Å². The summed E-state index contributed by atoms with van der Waals surface area (Å²) in [5.74, 6) is 0.627. The van der Waals surface area contributed by atoms with Crippen LogP contribution in [-0.4, -0.2) is 27.4 Å². The Balaban J connectivity index is 0.000000217. The summed E-state index contributed by atoms with van der Waals surface area (Å²) in [7, 11) is 0. The first-order valence-corrected chi connectivity index (χ1v) is 15.4. The summed E-state index contributed by atoms with van der Waals surface area (Å²) >= 11 is 0. The fourth-order valence-corrected chi connectivity index (χ4v) is 7.81. The zero-order valence-electron chi connectivity index (χ0n) is 25.5. The number of hydrogen-bond acceptors (Lipinski definition) is 3. The van der Waals surface area contributed by atoms with Crippen molar-refractivity contribution < 1.29 is 30.3 Å². The quantitative estimate of drug-likeness (QED) is 0.259. The first-order valence-electron chi connectivity index (χ1n) is 15.4. The molecule has 2 aromatic carbocycles. The summed E-state index contributed by atoms with van der Waals surface area (Å²) in [4.78, 5) is 4.70. The van der Waals surface area contributed by atoms with Crippen molar-refractivity contribution in [2.45, 2.75) is 112 Å². The molecule has 221 valence electrons. The third-order valence-corrected chi connectivity index (χ3v) is 10.6. The molecule has 1 heterocycles. The number of aryl methyl sites for hydroxylation is 2. The van der Waals surface area contributed by atoms with Crippen LogP contribution in [0.3, 0.4) is 0 Å². The molecule has 4 atom stereocenters. The SMILES string of the molecule is CCC1(CC)CCCC2CCC(CC)(CC)C(O)C2C1O.Cc1[c-]c(-c2ccc3ccccc3n2)cc(C)c1.[Ir]. The molecule has 1 aromatic heterocycles. The Morgan fingerprint density at radius 1 is 0.825 bits per heavy atom. The molecule has 2 fully saturated rings. The summed E-state index contributed by atoms with van der Waals surface area (Å²) in [6.45, 7) is 13.0. The van der Waals surface area contributed by atoms with Gasteiger partial charge in [0.25, 0.3) is 0 Å². The van der Waals surface area contributed by atoms with E-state index in [-0.39, 0.29) is 49.1 Å². The van der Waals surface area contributed by atoms with Gasteiger partial charge < -0.3 is 10.2 Å². The number of fused-ring (bicyclic) bond motifs is 2. The number of aliphatic hydroxyl groups excluding tert-OH is 2. The van der Waals surface area contributed by atoms with Gasteiger partial charge in [-0.15, -0.1) is 34.9 Å². The van der Waals surface area contributed by atoms with Crippen LogP contribution < -0.4 is 0 Å². The van der Waals surface area contributed by atoms with Crippen molar-refractivity contribution >= 4 is 10.9 Å². The molecule has 5 rings (SSSR count). The van der Waals surface area contributed by atoms with E-state index in [2.05, 4.69) is 77.9 Å². The number of benzene rings is 2. The van der Waals surface area contributed by atoms with Crippen molar-refractivity contribution in [3.05, 3.63) is 65.7 Å². The molecule has 2 aliphatic rings. The molecular weight excluding hydrogens is 671 g/mol. The van der Waals surface area contributed by atoms with Gasteiger partial charge in [-0.25, -0.2) is 0 Å². The van der Waals surface area contributed by atoms with E-state index in [0.717, 1.165) is 60.9 Å². The van der Waals surface area contributed by atoms with E-state index in [0.29, 0.717) is 5.92 Å². The van der Waals surface area contributed by atoms with Crippen LogP contribution in [0.15, 0.2) is 48.5 Å². The Hall–Kier alpha value is -1.58. The van der Waals surface area contributed by atoms with Crippen molar-refractivity contribution in [2.24, 2.45) is 22.7 Å². The predicted molar refractivity (Wildman–Crippen MR) is 164 cm³/mol. The van der Waals surface area contributed by atoms with Crippen molar-refractivity contribution in [2.75, 3.05) is 0 Å². The van der Waals surface area contributed by atoms with Gasteiger partial charge >= 0.3 is 0 Å². The largest absolute Gasteiger partial charge is 0.392 e. The fraction of sp³-hybridized carbons (Fsp3) is 0.583. The normalized spacial score (nSPS) is 25.1. The van der Waals surface area contributed by atoms with Gasteiger partial charge in [0.1, 0.15) is 0 Å². The molecule has 3 aromatic rings. The van der Waals surface area contributed by atoms with E-state index in [4.69, 9.17) is 4.98 Å². The molecule has 0 bridgehead atoms. The molecule has 0 spiro atoms. The van der Waals surface area contributed by atoms with Crippen LogP contribution in [0.4, 0.5) is 0 Å². The molecule has 3 nitrogen and oxygen atoms in total. The molecule has 0 amide bonds. The molecule has 0 aliphatic heterocycles. The summed E-state index contributed by atoms with van der Waals surface area (Å²) in [6.07, 6.45) is 9.37. The average molecular weight is 721 g/mol. The third-order valence-electron chi connectivity index (χ3n) is 10.6. The van der Waals surface area contributed by atoms with Crippen LogP contribution in [0.25, 0.3) is 22.2 Å². The number of hydrogen-bond donors (Lipinski definition) is 2. The molecule has 4 unspecified atom stereocenters. The minimum atomic E-state index is -0.326. The van der Waals surface area contributed by atoms with Crippen LogP contribution in [-0.2, 0) is 20.1 Å². The molecular formula is C36H50IrNO2-. The Morgan fingerprint density at radius 2 is 1.45 bits per heavy atom. The second-order valence-corrected chi connectivity index (χ2v) is 12.4. The smallest absolute Gasteiger partial charge is 0.0651 e. The monoisotopic (exact) mass is 721 g/mol. The van der Waals surface area contributed by atoms with Crippen LogP contribution >= 0.6 is 0 Å². The number of rotatable bonds is 5. The molecule has 2 N–H and O–H groups in total. The Morgan fingerprint density at radius 3 is 2.08 bits per heavy atom. The van der Waals surface area contributed by atoms with Crippen molar-refractivity contribution in [3.63, 3.8) is 0 Å². The molecule has 2 aliphatic carbocycles. The molecule has 4 heteroatoms. The summed E-state index contributed by atoms with van der Waals surface area (Å²) < 4.78 is 0. The fourth-order valence-electron chi connectivity index (χ4n) is 7.81. The second-order valence-electron chi connectivity index (χ2n) is 12.4. The summed E-state index contributed by atoms with van der Waals surface area (Å²) in [5.41, 5.74) is 5.56. The van der Waals surface area contributed by atoms with Gasteiger partial charge in [-0.3, -0.25) is 4.98 Å². The Labute approximate surface area is 256 Å². The van der Waals surface area contributed by atoms with Crippen LogP contribution in [0.2, 0.25) is 0 Å². The minimum Gasteiger partial charge on any atom is -0.392 e. The van der Waals surface area contributed by atoms with Crippen molar-refractivity contribution in [1.82, 2.24) is 4.98 Å². The molecule has 1 radical (unpaired) electrons. The topological polar surface area (TPSA) is 53.4 Å². The van der Waals surface area contributed by atoms with Crippen LogP contribution in [0.5, 0.6) is 0 Å². The van der Waals surface area contributed by atoms with Gasteiger partial charge in [0.05, 0.1) is 17.7 Å². The van der Waals surface area contributed by atoms with Crippen molar-refractivity contribution in [3.8, 4) is 11.3 Å². The maximum Gasteiger partial charge on any atom is 0.0651 e. The number of nitrogens with zero attached hydrogens (tertiary/aromatic N) is 1. The molecule has 40 heavy (non-hydrogen) atoms. The van der Waals surface area contributed by atoms with Crippen LogP contribution in [0, 0.1) is 42.6 Å². The van der Waals surface area contributed by atoms with Crippen LogP contribution in [0.1, 0.15) is 96.6 Å². The number of aliphatic hydroxyl groups is 2. The van der Waals surface area contributed by atoms with E-state index < -0.39 is 0 Å². The maximum atomic E-state index is 11.2. The standard InChI is InChI=1S/C19H36O2.C17H14N.Ir/c1-5-18(6-2)12-9-10-14-11-13-19(7-3,8-4)17(21)15(14)16(18)20;1-12-9-13(2)11-15(10-12)17-8-7-14-5-3-4-6-16(14)18-17;/h14-17,20-21H,5-13H2,1-4H3;3-10H,1-2H3;/q;-1;. The van der Waals surface area contributed by atoms with Gasteiger partial charge in [-0.05, 0) is 85.3 Å². The predicted octanol–water partition coefficient (Wildman–Crippen LogP) is 8.85. The first-order chi connectivity index (χ1) is 18.7. The Kier molecular flexibility index (Phi) is 11.6. The molecule has 2 saturated carbocycles. The Bertz CT molecular complexity index is 1210. The third kappa shape index (κ3) is 6.57. The van der Waals surface area contributed by atoms with Gasteiger partial charge in [0, 0.05) is 26.0 Å². The van der Waals surface area contributed by atoms with Gasteiger partial charge in [-0.2, -0.15) is 0 Å². The molecule has 0 saturated heterocycles. The second kappa shape index (κ2) is 14.1. The van der Waals surface area contributed by atoms with E-state index in [1.54, 1.807) is 0 Å². The van der Waals surface area contributed by atoms with Crippen molar-refractivity contribution in [1.29, 1.82) is 0 Å². The van der Waals surface area contributed by atoms with E-state index >= 15 is 0 Å².